The predicted molar refractivity (Wildman–Crippen MR) is 262 cm³/mol. The van der Waals surface area contributed by atoms with E-state index in [0.717, 1.165) is 17.1 Å². The molecule has 284 valence electrons. The fourth-order valence-electron chi connectivity index (χ4n) is 9.70. The Morgan fingerprint density at radius 1 is 0.230 bits per heavy atom. The number of rotatable bonds is 6. The second-order valence-corrected chi connectivity index (χ2v) is 16.1. The number of hydrogen-bond acceptors (Lipinski definition) is 1. The molecule has 0 heterocycles. The molecule has 0 unspecified atom stereocenters. The van der Waals surface area contributed by atoms with E-state index >= 15 is 0 Å². The molecule has 0 atom stereocenters. The summed E-state index contributed by atoms with van der Waals surface area (Å²) in [7, 11) is 0. The normalized spacial score (nSPS) is 11.6. The molecule has 1 heteroatoms. The van der Waals surface area contributed by atoms with Gasteiger partial charge in [-0.15, -0.1) is 0 Å². The van der Waals surface area contributed by atoms with Gasteiger partial charge in [-0.25, -0.2) is 0 Å². The lowest BCUT2D eigenvalue weighted by molar-refractivity contribution is 1.29. The molecule has 0 aromatic heterocycles. The quantitative estimate of drug-likeness (QED) is 0.152. The van der Waals surface area contributed by atoms with Crippen LogP contribution in [0, 0.1) is 0 Å². The van der Waals surface area contributed by atoms with Crippen LogP contribution in [0.4, 0.5) is 17.1 Å². The first kappa shape index (κ1) is 35.0. The average Bonchev–Trinajstić information content (AvgIpc) is 3.33. The Kier molecular flexibility index (Phi) is 8.25. The van der Waals surface area contributed by atoms with Gasteiger partial charge < -0.3 is 4.90 Å². The fourth-order valence-corrected chi connectivity index (χ4v) is 9.70. The van der Waals surface area contributed by atoms with Crippen molar-refractivity contribution in [1.82, 2.24) is 0 Å². The average molecular weight is 774 g/mol. The van der Waals surface area contributed by atoms with Crippen molar-refractivity contribution >= 4 is 81.7 Å². The van der Waals surface area contributed by atoms with Gasteiger partial charge in [0, 0.05) is 17.1 Å². The maximum absolute atomic E-state index is 2.49. The third-order valence-corrected chi connectivity index (χ3v) is 12.5. The van der Waals surface area contributed by atoms with Crippen LogP contribution in [-0.2, 0) is 0 Å². The first-order valence-electron chi connectivity index (χ1n) is 21.1. The highest BCUT2D eigenvalue weighted by molar-refractivity contribution is 6.33. The van der Waals surface area contributed by atoms with Crippen molar-refractivity contribution < 1.29 is 0 Å². The van der Waals surface area contributed by atoms with E-state index in [0.29, 0.717) is 0 Å². The summed E-state index contributed by atoms with van der Waals surface area (Å²) in [5, 5.41) is 14.8. The van der Waals surface area contributed by atoms with Gasteiger partial charge in [-0.05, 0) is 159 Å². The summed E-state index contributed by atoms with van der Waals surface area (Å²) in [6.07, 6.45) is 0. The summed E-state index contributed by atoms with van der Waals surface area (Å²) in [6.45, 7) is 0. The minimum Gasteiger partial charge on any atom is -0.310 e. The predicted octanol–water partition coefficient (Wildman–Crippen LogP) is 17.1. The Morgan fingerprint density at radius 3 is 1.25 bits per heavy atom. The molecular formula is C60H39N. The highest BCUT2D eigenvalue weighted by atomic mass is 15.1. The van der Waals surface area contributed by atoms with Gasteiger partial charge in [0.25, 0.3) is 0 Å². The van der Waals surface area contributed by atoms with Crippen LogP contribution in [-0.4, -0.2) is 0 Å². The number of hydrogen-bond donors (Lipinski definition) is 0. The molecule has 0 amide bonds. The molecule has 12 rings (SSSR count). The number of para-hydroxylation sites is 2. The third-order valence-electron chi connectivity index (χ3n) is 12.5. The summed E-state index contributed by atoms with van der Waals surface area (Å²) in [5.41, 5.74) is 10.7. The lowest BCUT2D eigenvalue weighted by Gasteiger charge is -2.27. The Hall–Kier alpha value is -8.00. The summed E-state index contributed by atoms with van der Waals surface area (Å²) < 4.78 is 0. The number of anilines is 3. The van der Waals surface area contributed by atoms with E-state index in [-0.39, 0.29) is 0 Å². The Labute approximate surface area is 355 Å². The zero-order valence-electron chi connectivity index (χ0n) is 33.5. The van der Waals surface area contributed by atoms with Crippen molar-refractivity contribution in [2.45, 2.75) is 0 Å². The maximum atomic E-state index is 2.49. The molecule has 12 aromatic carbocycles. The highest BCUT2D eigenvalue weighted by Crippen LogP contribution is 2.51. The smallest absolute Gasteiger partial charge is 0.0468 e. The number of benzene rings is 12. The molecule has 0 bridgehead atoms. The zero-order valence-corrected chi connectivity index (χ0v) is 33.5. The van der Waals surface area contributed by atoms with E-state index in [4.69, 9.17) is 0 Å². The van der Waals surface area contributed by atoms with Crippen LogP contribution in [0.3, 0.4) is 0 Å². The largest absolute Gasteiger partial charge is 0.310 e. The monoisotopic (exact) mass is 773 g/mol. The summed E-state index contributed by atoms with van der Waals surface area (Å²) >= 11 is 0. The maximum Gasteiger partial charge on any atom is 0.0468 e. The van der Waals surface area contributed by atoms with Crippen molar-refractivity contribution in [3.8, 4) is 33.4 Å². The SMILES string of the molecule is c1ccc(N(c2ccccc2)c2ccc3c(c2)c2ccccc2c2c(-c4ccc5ccccc5c4)c(-c4ccc5ccccc5c4)cc(-c4ccc5ccccc5c4)c32)cc1. The van der Waals surface area contributed by atoms with Crippen molar-refractivity contribution in [2.75, 3.05) is 4.90 Å². The standard InChI is InChI=1S/C60H39N/c1-3-21-49(22-4-1)61(50-23-5-2-6-24-50)51-33-34-54-57(38-51)52-25-13-14-26-53(52)60-58(48-32-29-42-17-9-12-20-45(42)37-48)55(46-30-27-40-15-7-10-18-43(40)35-46)39-56(59(54)60)47-31-28-41-16-8-11-19-44(41)36-47/h1-39H. The van der Waals surface area contributed by atoms with E-state index in [9.17, 15) is 0 Å². The fraction of sp³-hybridized carbons (Fsp3) is 0. The van der Waals surface area contributed by atoms with Crippen molar-refractivity contribution in [3.05, 3.63) is 237 Å². The van der Waals surface area contributed by atoms with Gasteiger partial charge in [0.2, 0.25) is 0 Å². The third kappa shape index (κ3) is 5.93. The molecule has 61 heavy (non-hydrogen) atoms. The van der Waals surface area contributed by atoms with Crippen molar-refractivity contribution in [1.29, 1.82) is 0 Å². The molecule has 0 aliphatic heterocycles. The summed E-state index contributed by atoms with van der Waals surface area (Å²) in [4.78, 5) is 2.37. The van der Waals surface area contributed by atoms with Gasteiger partial charge in [-0.3, -0.25) is 0 Å². The van der Waals surface area contributed by atoms with Gasteiger partial charge in [-0.2, -0.15) is 0 Å². The molecule has 0 saturated carbocycles. The lowest BCUT2D eigenvalue weighted by Crippen LogP contribution is -2.09. The van der Waals surface area contributed by atoms with Gasteiger partial charge in [-0.1, -0.05) is 176 Å². The molecule has 0 N–H and O–H groups in total. The molecule has 1 nitrogen and oxygen atoms in total. The topological polar surface area (TPSA) is 3.24 Å². The lowest BCUT2D eigenvalue weighted by atomic mass is 9.80. The van der Waals surface area contributed by atoms with Gasteiger partial charge >= 0.3 is 0 Å². The van der Waals surface area contributed by atoms with Crippen LogP contribution in [0.15, 0.2) is 237 Å². The second-order valence-electron chi connectivity index (χ2n) is 16.1. The first-order valence-corrected chi connectivity index (χ1v) is 21.1. The van der Waals surface area contributed by atoms with Gasteiger partial charge in [0.05, 0.1) is 0 Å². The molecule has 0 spiro atoms. The molecular weight excluding hydrogens is 735 g/mol. The minimum absolute atomic E-state index is 1.11. The molecule has 0 aliphatic carbocycles. The van der Waals surface area contributed by atoms with Crippen molar-refractivity contribution in [3.63, 3.8) is 0 Å². The van der Waals surface area contributed by atoms with Gasteiger partial charge in [0.1, 0.15) is 0 Å². The Bertz CT molecular complexity index is 3600. The van der Waals surface area contributed by atoms with Crippen LogP contribution in [0.2, 0.25) is 0 Å². The molecule has 0 radical (unpaired) electrons. The Morgan fingerprint density at radius 2 is 0.672 bits per heavy atom. The summed E-state index contributed by atoms with van der Waals surface area (Å²) in [6, 6.07) is 87.1. The minimum atomic E-state index is 1.11. The Balaban J connectivity index is 1.26. The summed E-state index contributed by atoms with van der Waals surface area (Å²) in [5.74, 6) is 0. The van der Waals surface area contributed by atoms with Crippen LogP contribution in [0.1, 0.15) is 0 Å². The highest BCUT2D eigenvalue weighted by Gasteiger charge is 2.23. The van der Waals surface area contributed by atoms with Gasteiger partial charge in [0.15, 0.2) is 0 Å². The number of fused-ring (bicyclic) bond motifs is 9. The van der Waals surface area contributed by atoms with E-state index in [1.165, 1.54) is 98.0 Å². The molecule has 12 aromatic rings. The van der Waals surface area contributed by atoms with E-state index in [1.807, 2.05) is 0 Å². The first-order chi connectivity index (χ1) is 30.2. The zero-order chi connectivity index (χ0) is 40.3. The molecule has 0 fully saturated rings. The van der Waals surface area contributed by atoms with Crippen LogP contribution in [0.25, 0.3) is 98.0 Å². The van der Waals surface area contributed by atoms with E-state index in [2.05, 4.69) is 241 Å². The molecule has 0 aliphatic rings. The number of nitrogens with zero attached hydrogens (tertiary/aromatic N) is 1. The van der Waals surface area contributed by atoms with E-state index < -0.39 is 0 Å². The van der Waals surface area contributed by atoms with Crippen LogP contribution >= 0.6 is 0 Å². The van der Waals surface area contributed by atoms with Crippen molar-refractivity contribution in [2.24, 2.45) is 0 Å². The molecule has 0 saturated heterocycles. The van der Waals surface area contributed by atoms with E-state index in [1.54, 1.807) is 0 Å². The van der Waals surface area contributed by atoms with Crippen LogP contribution < -0.4 is 4.90 Å². The second kappa shape index (κ2) is 14.4. The van der Waals surface area contributed by atoms with Crippen LogP contribution in [0.5, 0.6) is 0 Å².